The number of nitrogens with one attached hydrogen (secondary N) is 1. The van der Waals surface area contributed by atoms with Gasteiger partial charge in [-0.15, -0.1) is 0 Å². The van der Waals surface area contributed by atoms with E-state index in [9.17, 15) is 19.4 Å². The van der Waals surface area contributed by atoms with Crippen molar-refractivity contribution in [3.05, 3.63) is 85.1 Å². The number of rotatable bonds is 48. The van der Waals surface area contributed by atoms with Gasteiger partial charge in [0.2, 0.25) is 5.91 Å². The third-order valence-electron chi connectivity index (χ3n) is 11.6. The topological polar surface area (TPSA) is 108 Å². The van der Waals surface area contributed by atoms with Crippen LogP contribution in [-0.4, -0.2) is 68.5 Å². The first-order valence-corrected chi connectivity index (χ1v) is 28.4. The largest absolute Gasteiger partial charge is 0.756 e. The van der Waals surface area contributed by atoms with Crippen molar-refractivity contribution in [3.8, 4) is 0 Å². The van der Waals surface area contributed by atoms with Crippen molar-refractivity contribution >= 4 is 13.7 Å². The highest BCUT2D eigenvalue weighted by Crippen LogP contribution is 2.38. The number of quaternary nitrogens is 1. The van der Waals surface area contributed by atoms with Crippen LogP contribution >= 0.6 is 7.82 Å². The van der Waals surface area contributed by atoms with Crippen molar-refractivity contribution in [3.63, 3.8) is 0 Å². The van der Waals surface area contributed by atoms with Crippen molar-refractivity contribution in [1.82, 2.24) is 5.32 Å². The van der Waals surface area contributed by atoms with Crippen LogP contribution in [0.1, 0.15) is 219 Å². The van der Waals surface area contributed by atoms with E-state index in [2.05, 4.69) is 79.9 Å². The lowest BCUT2D eigenvalue weighted by molar-refractivity contribution is -0.870. The number of aliphatic hydroxyl groups excluding tert-OH is 1. The first-order chi connectivity index (χ1) is 32.0. The summed E-state index contributed by atoms with van der Waals surface area (Å²) in [6, 6.07) is -0.952. The molecule has 382 valence electrons. The summed E-state index contributed by atoms with van der Waals surface area (Å²) < 4.78 is 23.2. The van der Waals surface area contributed by atoms with Crippen LogP contribution in [0.4, 0.5) is 0 Å². The number of amides is 1. The molecule has 0 aliphatic carbocycles. The summed E-state index contributed by atoms with van der Waals surface area (Å²) in [5.74, 6) is -0.293. The molecule has 2 N–H and O–H groups in total. The second kappa shape index (κ2) is 47.7. The number of phosphoric ester groups is 1. The van der Waals surface area contributed by atoms with Gasteiger partial charge in [0, 0.05) is 6.42 Å². The number of carbonyl (C=O) groups is 1. The van der Waals surface area contributed by atoms with Crippen LogP contribution in [0.25, 0.3) is 0 Å². The average molecular weight is 943 g/mol. The van der Waals surface area contributed by atoms with Crippen LogP contribution in [-0.2, 0) is 18.4 Å². The van der Waals surface area contributed by atoms with Gasteiger partial charge in [-0.3, -0.25) is 9.36 Å². The summed E-state index contributed by atoms with van der Waals surface area (Å²) in [5.41, 5.74) is 0. The third-order valence-corrected chi connectivity index (χ3v) is 12.5. The molecule has 0 bridgehead atoms. The molecule has 0 fully saturated rings. The maximum absolute atomic E-state index is 12.8. The van der Waals surface area contributed by atoms with Gasteiger partial charge in [-0.05, 0) is 70.6 Å². The molecule has 9 heteroatoms. The smallest absolute Gasteiger partial charge is 0.268 e. The summed E-state index contributed by atoms with van der Waals surface area (Å²) in [6.07, 6.45) is 67.1. The zero-order chi connectivity index (χ0) is 48.5. The molecule has 0 spiro atoms. The lowest BCUT2D eigenvalue weighted by atomic mass is 10.0. The summed E-state index contributed by atoms with van der Waals surface area (Å²) in [6.45, 7) is 4.44. The standard InChI is InChI=1S/C57H103N2O6P/c1-6-8-10-12-14-16-18-20-21-22-23-24-25-26-27-28-29-30-31-32-33-34-35-36-37-39-40-42-44-46-48-50-56(60)55(54-65-66(62,63)64-53-52-59(3,4)5)58-57(61)51-49-47-45-43-41-38-19-17-15-13-11-9-7-2/h9,11,15,17,35-36,38,40-42,45,47-48,50,55-56,60H,6-8,10,12-14,16,18-34,37,39,43-44,46,49,51-54H2,1-5H3,(H-,58,61,62,63)/b11-9-,17-15-,36-35+,41-38-,42-40+,47-45-,50-48+. The molecule has 66 heavy (non-hydrogen) atoms. The number of unbranched alkanes of at least 4 members (excludes halogenated alkanes) is 23. The Morgan fingerprint density at radius 1 is 0.545 bits per heavy atom. The Kier molecular flexibility index (Phi) is 46.1. The highest BCUT2D eigenvalue weighted by atomic mass is 31.2. The predicted octanol–water partition coefficient (Wildman–Crippen LogP) is 15.5. The summed E-state index contributed by atoms with van der Waals surface area (Å²) in [5, 5.41) is 13.7. The van der Waals surface area contributed by atoms with E-state index < -0.39 is 26.6 Å². The molecule has 1 amide bonds. The molecule has 0 aromatic heterocycles. The Morgan fingerprint density at radius 2 is 0.939 bits per heavy atom. The van der Waals surface area contributed by atoms with Gasteiger partial charge in [0.15, 0.2) is 0 Å². The molecular formula is C57H103N2O6P. The average Bonchev–Trinajstić information content (AvgIpc) is 3.28. The lowest BCUT2D eigenvalue weighted by Crippen LogP contribution is -2.45. The second-order valence-corrected chi connectivity index (χ2v) is 20.6. The monoisotopic (exact) mass is 943 g/mol. The van der Waals surface area contributed by atoms with E-state index in [4.69, 9.17) is 9.05 Å². The van der Waals surface area contributed by atoms with Gasteiger partial charge in [-0.1, -0.05) is 227 Å². The molecule has 0 aliphatic heterocycles. The number of likely N-dealkylation sites (N-methyl/N-ethyl adjacent to an activating group) is 1. The first kappa shape index (κ1) is 63.7. The number of aliphatic hydroxyl groups is 1. The third kappa shape index (κ3) is 49.6. The second-order valence-electron chi connectivity index (χ2n) is 19.2. The van der Waals surface area contributed by atoms with Gasteiger partial charge >= 0.3 is 0 Å². The normalized spacial score (nSPS) is 14.7. The molecular weight excluding hydrogens is 840 g/mol. The van der Waals surface area contributed by atoms with E-state index in [1.165, 1.54) is 141 Å². The van der Waals surface area contributed by atoms with E-state index >= 15 is 0 Å². The minimum absolute atomic E-state index is 0.0257. The van der Waals surface area contributed by atoms with Crippen molar-refractivity contribution in [2.45, 2.75) is 231 Å². The van der Waals surface area contributed by atoms with Crippen molar-refractivity contribution in [1.29, 1.82) is 0 Å². The van der Waals surface area contributed by atoms with E-state index in [0.717, 1.165) is 44.9 Å². The zero-order valence-electron chi connectivity index (χ0n) is 43.4. The molecule has 0 aliphatic rings. The van der Waals surface area contributed by atoms with Crippen LogP contribution in [0.15, 0.2) is 85.1 Å². The SMILES string of the molecule is CC/C=C\C/C=C\C/C=C\C/C=C\CCC(=O)NC(COP(=O)([O-])OCC[N+](C)(C)C)C(O)/C=C/CC/C=C/CC/C=C/CCCCCCCCCCCCCCCCCCCCCCC. The molecule has 0 aromatic rings. The fourth-order valence-corrected chi connectivity index (χ4v) is 8.10. The van der Waals surface area contributed by atoms with Crippen LogP contribution in [0, 0.1) is 0 Å². The van der Waals surface area contributed by atoms with Crippen LogP contribution in [0.2, 0.25) is 0 Å². The molecule has 0 radical (unpaired) electrons. The maximum Gasteiger partial charge on any atom is 0.268 e. The van der Waals surface area contributed by atoms with Gasteiger partial charge in [-0.25, -0.2) is 0 Å². The Labute approximate surface area is 407 Å². The molecule has 0 saturated carbocycles. The van der Waals surface area contributed by atoms with E-state index in [0.29, 0.717) is 23.9 Å². The fourth-order valence-electron chi connectivity index (χ4n) is 7.37. The van der Waals surface area contributed by atoms with Crippen LogP contribution in [0.5, 0.6) is 0 Å². The minimum Gasteiger partial charge on any atom is -0.756 e. The van der Waals surface area contributed by atoms with Crippen molar-refractivity contribution < 1.29 is 32.9 Å². The molecule has 0 aromatic carbocycles. The van der Waals surface area contributed by atoms with E-state index in [1.807, 2.05) is 39.4 Å². The summed E-state index contributed by atoms with van der Waals surface area (Å²) in [7, 11) is 1.18. The zero-order valence-corrected chi connectivity index (χ0v) is 44.3. The van der Waals surface area contributed by atoms with Crippen LogP contribution in [0.3, 0.4) is 0 Å². The quantitative estimate of drug-likeness (QED) is 0.0272. The van der Waals surface area contributed by atoms with Gasteiger partial charge in [0.1, 0.15) is 13.2 Å². The van der Waals surface area contributed by atoms with E-state index in [1.54, 1.807) is 6.08 Å². The van der Waals surface area contributed by atoms with Gasteiger partial charge in [0.05, 0.1) is 39.9 Å². The predicted molar refractivity (Wildman–Crippen MR) is 283 cm³/mol. The van der Waals surface area contributed by atoms with Crippen molar-refractivity contribution in [2.75, 3.05) is 40.9 Å². The number of nitrogens with zero attached hydrogens (tertiary/aromatic N) is 1. The Balaban J connectivity index is 4.26. The molecule has 0 heterocycles. The highest BCUT2D eigenvalue weighted by molar-refractivity contribution is 7.45. The maximum atomic E-state index is 12.8. The number of hydrogen-bond acceptors (Lipinski definition) is 6. The molecule has 3 unspecified atom stereocenters. The molecule has 8 nitrogen and oxygen atoms in total. The van der Waals surface area contributed by atoms with E-state index in [-0.39, 0.29) is 18.9 Å². The number of phosphoric acid groups is 1. The Morgan fingerprint density at radius 3 is 1.39 bits per heavy atom. The highest BCUT2D eigenvalue weighted by Gasteiger charge is 2.23. The molecule has 0 saturated heterocycles. The minimum atomic E-state index is -4.63. The van der Waals surface area contributed by atoms with Gasteiger partial charge < -0.3 is 28.8 Å². The number of carbonyl (C=O) groups excluding carboxylic acids is 1. The first-order valence-electron chi connectivity index (χ1n) is 26.9. The number of allylic oxidation sites excluding steroid dienone is 13. The Hall–Kier alpha value is -2.32. The summed E-state index contributed by atoms with van der Waals surface area (Å²) >= 11 is 0. The van der Waals surface area contributed by atoms with Crippen molar-refractivity contribution in [2.24, 2.45) is 0 Å². The van der Waals surface area contributed by atoms with Crippen LogP contribution < -0.4 is 10.2 Å². The fraction of sp³-hybridized carbons (Fsp3) is 0.737. The Bertz CT molecular complexity index is 1350. The number of hydrogen-bond donors (Lipinski definition) is 2. The van der Waals surface area contributed by atoms with Gasteiger partial charge in [-0.2, -0.15) is 0 Å². The lowest BCUT2D eigenvalue weighted by Gasteiger charge is -2.29. The van der Waals surface area contributed by atoms with Gasteiger partial charge in [0.25, 0.3) is 7.82 Å². The molecule has 3 atom stereocenters. The summed E-state index contributed by atoms with van der Waals surface area (Å²) in [4.78, 5) is 25.3. The molecule has 0 rings (SSSR count).